The molecule has 2 aromatic heterocycles. The maximum absolute atomic E-state index is 14.4. The van der Waals surface area contributed by atoms with Crippen LogP contribution in [0.3, 0.4) is 0 Å². The van der Waals surface area contributed by atoms with Crippen molar-refractivity contribution in [3.05, 3.63) is 59.4 Å². The fraction of sp³-hybridized carbons (Fsp3) is 0.409. The Bertz CT molecular complexity index is 1100. The van der Waals surface area contributed by atoms with Crippen LogP contribution in [0.1, 0.15) is 48.7 Å². The second-order valence-corrected chi connectivity index (χ2v) is 8.14. The molecule has 0 saturated carbocycles. The fourth-order valence-corrected chi connectivity index (χ4v) is 3.98. The van der Waals surface area contributed by atoms with Crippen molar-refractivity contribution >= 4 is 17.4 Å². The van der Waals surface area contributed by atoms with Crippen molar-refractivity contribution in [3.8, 4) is 0 Å². The van der Waals surface area contributed by atoms with E-state index in [1.165, 1.54) is 16.8 Å². The van der Waals surface area contributed by atoms with Gasteiger partial charge in [0.2, 0.25) is 0 Å². The van der Waals surface area contributed by atoms with Crippen LogP contribution in [0.25, 0.3) is 5.65 Å². The molecule has 7 nitrogen and oxygen atoms in total. The van der Waals surface area contributed by atoms with E-state index in [4.69, 9.17) is 0 Å². The molecule has 3 heterocycles. The molecule has 1 saturated heterocycles. The van der Waals surface area contributed by atoms with Gasteiger partial charge < -0.3 is 15.3 Å². The van der Waals surface area contributed by atoms with Crippen LogP contribution < -0.4 is 10.2 Å². The maximum atomic E-state index is 14.4. The lowest BCUT2D eigenvalue weighted by atomic mass is 10.0. The Balaban J connectivity index is 1.67. The number of halogens is 2. The third kappa shape index (κ3) is 4.10. The number of amides is 1. The second-order valence-electron chi connectivity index (χ2n) is 8.14. The third-order valence-corrected chi connectivity index (χ3v) is 5.78. The summed E-state index contributed by atoms with van der Waals surface area (Å²) in [5.74, 6) is -0.680. The molecular weight excluding hydrogens is 404 g/mol. The zero-order valence-electron chi connectivity index (χ0n) is 17.4. The lowest BCUT2D eigenvalue weighted by Crippen LogP contribution is -2.41. The number of nitrogens with zero attached hydrogens (tertiary/aromatic N) is 4. The Labute approximate surface area is 178 Å². The molecule has 1 aromatic carbocycles. The van der Waals surface area contributed by atoms with Crippen LogP contribution in [0.4, 0.5) is 14.6 Å². The number of rotatable bonds is 6. The maximum Gasteiger partial charge on any atom is 0.257 e. The molecule has 164 valence electrons. The zero-order valence-corrected chi connectivity index (χ0v) is 17.4. The Morgan fingerprint density at radius 3 is 2.87 bits per heavy atom. The average molecular weight is 429 g/mol. The average Bonchev–Trinajstić information content (AvgIpc) is 3.40. The molecule has 0 aliphatic carbocycles. The number of aliphatic hydroxyl groups excluding tert-OH is 1. The van der Waals surface area contributed by atoms with Gasteiger partial charge in [-0.2, -0.15) is 5.10 Å². The van der Waals surface area contributed by atoms with Gasteiger partial charge in [0.25, 0.3) is 5.91 Å². The Hall–Kier alpha value is -3.07. The van der Waals surface area contributed by atoms with Gasteiger partial charge in [0.1, 0.15) is 23.0 Å². The van der Waals surface area contributed by atoms with Gasteiger partial charge in [-0.05, 0) is 43.0 Å². The van der Waals surface area contributed by atoms with Crippen molar-refractivity contribution in [2.24, 2.45) is 5.92 Å². The first-order valence-corrected chi connectivity index (χ1v) is 10.4. The quantitative estimate of drug-likeness (QED) is 0.629. The molecule has 0 spiro atoms. The van der Waals surface area contributed by atoms with E-state index in [1.807, 2.05) is 18.7 Å². The molecule has 0 radical (unpaired) electrons. The minimum atomic E-state index is -0.481. The first kappa shape index (κ1) is 21.2. The van der Waals surface area contributed by atoms with Crippen molar-refractivity contribution in [2.75, 3.05) is 18.1 Å². The standard InChI is InChI=1S/C22H25F2N5O2/c1-13(2)18(12-30)26-22(31)16-11-25-29-9-7-20(27-21(16)29)28-8-3-4-19(28)15-10-14(23)5-6-17(15)24/h5-7,9-11,13,18-19,30H,3-4,8,12H2,1-2H3,(H,26,31)/t18-,19-/m1/s1. The number of carbonyl (C=O) groups is 1. The van der Waals surface area contributed by atoms with Crippen LogP contribution in [0, 0.1) is 17.6 Å². The Morgan fingerprint density at radius 1 is 1.32 bits per heavy atom. The molecule has 1 fully saturated rings. The summed E-state index contributed by atoms with van der Waals surface area (Å²) in [5, 5.41) is 16.5. The molecule has 4 rings (SSSR count). The van der Waals surface area contributed by atoms with Crippen molar-refractivity contribution in [2.45, 2.75) is 38.8 Å². The lowest BCUT2D eigenvalue weighted by molar-refractivity contribution is 0.0898. The van der Waals surface area contributed by atoms with E-state index in [-0.39, 0.29) is 36.1 Å². The molecule has 31 heavy (non-hydrogen) atoms. The summed E-state index contributed by atoms with van der Waals surface area (Å²) in [6.07, 6.45) is 4.61. The zero-order chi connectivity index (χ0) is 22.1. The number of anilines is 1. The molecule has 1 aliphatic rings. The molecule has 2 atom stereocenters. The van der Waals surface area contributed by atoms with Crippen molar-refractivity contribution in [3.63, 3.8) is 0 Å². The first-order valence-electron chi connectivity index (χ1n) is 10.4. The van der Waals surface area contributed by atoms with Crippen LogP contribution in [0.2, 0.25) is 0 Å². The van der Waals surface area contributed by atoms with E-state index in [0.29, 0.717) is 30.0 Å². The fourth-order valence-electron chi connectivity index (χ4n) is 3.98. The molecule has 3 aromatic rings. The molecule has 1 aliphatic heterocycles. The molecule has 2 N–H and O–H groups in total. The van der Waals surface area contributed by atoms with Crippen molar-refractivity contribution in [1.29, 1.82) is 0 Å². The topological polar surface area (TPSA) is 82.8 Å². The van der Waals surface area contributed by atoms with Gasteiger partial charge in [0.05, 0.1) is 24.9 Å². The number of aromatic nitrogens is 3. The van der Waals surface area contributed by atoms with Gasteiger partial charge in [-0.3, -0.25) is 4.79 Å². The normalized spacial score (nSPS) is 17.5. The van der Waals surface area contributed by atoms with E-state index in [0.717, 1.165) is 18.6 Å². The minimum absolute atomic E-state index is 0.0610. The number of aliphatic hydroxyl groups is 1. The molecule has 0 unspecified atom stereocenters. The number of hydrogen-bond acceptors (Lipinski definition) is 5. The second kappa shape index (κ2) is 8.58. The summed E-state index contributed by atoms with van der Waals surface area (Å²) in [6, 6.07) is 4.51. The van der Waals surface area contributed by atoms with E-state index < -0.39 is 11.6 Å². The van der Waals surface area contributed by atoms with Gasteiger partial charge in [-0.1, -0.05) is 13.8 Å². The van der Waals surface area contributed by atoms with Gasteiger partial charge in [0, 0.05) is 18.3 Å². The smallest absolute Gasteiger partial charge is 0.257 e. The van der Waals surface area contributed by atoms with Gasteiger partial charge in [-0.15, -0.1) is 0 Å². The largest absolute Gasteiger partial charge is 0.394 e. The van der Waals surface area contributed by atoms with E-state index in [2.05, 4.69) is 15.4 Å². The number of fused-ring (bicyclic) bond motifs is 1. The summed E-state index contributed by atoms with van der Waals surface area (Å²) >= 11 is 0. The predicted molar refractivity (Wildman–Crippen MR) is 112 cm³/mol. The van der Waals surface area contributed by atoms with Crippen LogP contribution in [0.15, 0.2) is 36.7 Å². The number of carbonyl (C=O) groups excluding carboxylic acids is 1. The number of nitrogens with one attached hydrogen (secondary N) is 1. The Morgan fingerprint density at radius 2 is 2.13 bits per heavy atom. The van der Waals surface area contributed by atoms with Crippen LogP contribution in [0.5, 0.6) is 0 Å². The lowest BCUT2D eigenvalue weighted by Gasteiger charge is -2.26. The van der Waals surface area contributed by atoms with Gasteiger partial charge >= 0.3 is 0 Å². The summed E-state index contributed by atoms with van der Waals surface area (Å²) in [4.78, 5) is 19.3. The summed E-state index contributed by atoms with van der Waals surface area (Å²) in [6.45, 7) is 4.29. The summed E-state index contributed by atoms with van der Waals surface area (Å²) in [7, 11) is 0. The van der Waals surface area contributed by atoms with E-state index >= 15 is 0 Å². The number of hydrogen-bond donors (Lipinski definition) is 2. The monoisotopic (exact) mass is 429 g/mol. The highest BCUT2D eigenvalue weighted by Crippen LogP contribution is 2.36. The minimum Gasteiger partial charge on any atom is -0.394 e. The molecule has 0 bridgehead atoms. The van der Waals surface area contributed by atoms with E-state index in [1.54, 1.807) is 12.3 Å². The highest BCUT2D eigenvalue weighted by Gasteiger charge is 2.30. The summed E-state index contributed by atoms with van der Waals surface area (Å²) in [5.41, 5.74) is 0.947. The van der Waals surface area contributed by atoms with Crippen LogP contribution >= 0.6 is 0 Å². The van der Waals surface area contributed by atoms with Crippen LogP contribution in [-0.2, 0) is 0 Å². The molecule has 9 heteroatoms. The highest BCUT2D eigenvalue weighted by atomic mass is 19.1. The number of benzene rings is 1. The van der Waals surface area contributed by atoms with E-state index in [9.17, 15) is 18.7 Å². The SMILES string of the molecule is CC(C)[C@@H](CO)NC(=O)c1cnn2ccc(N3CCC[C@@H]3c3cc(F)ccc3F)nc12. The third-order valence-electron chi connectivity index (χ3n) is 5.78. The summed E-state index contributed by atoms with van der Waals surface area (Å²) < 4.78 is 29.7. The predicted octanol–water partition coefficient (Wildman–Crippen LogP) is 3.10. The van der Waals surface area contributed by atoms with Gasteiger partial charge in [0.15, 0.2) is 5.65 Å². The molecular formula is C22H25F2N5O2. The highest BCUT2D eigenvalue weighted by molar-refractivity contribution is 6.00. The van der Waals surface area contributed by atoms with Gasteiger partial charge in [-0.25, -0.2) is 18.3 Å². The van der Waals surface area contributed by atoms with Crippen molar-refractivity contribution in [1.82, 2.24) is 19.9 Å². The van der Waals surface area contributed by atoms with Crippen molar-refractivity contribution < 1.29 is 18.7 Å². The first-order chi connectivity index (χ1) is 14.9. The molecule has 1 amide bonds. The Kier molecular flexibility index (Phi) is 5.86. The van der Waals surface area contributed by atoms with Crippen LogP contribution in [-0.4, -0.2) is 44.8 Å².